The minimum atomic E-state index is -0.621. The van der Waals surface area contributed by atoms with E-state index in [1.54, 1.807) is 37.6 Å². The molecule has 142 valence electrons. The molecule has 0 aromatic heterocycles. The van der Waals surface area contributed by atoms with Gasteiger partial charge in [0.25, 0.3) is 0 Å². The summed E-state index contributed by atoms with van der Waals surface area (Å²) in [7, 11) is 1.59. The Labute approximate surface area is 160 Å². The fourth-order valence-electron chi connectivity index (χ4n) is 3.40. The maximum atomic E-state index is 11.7. The van der Waals surface area contributed by atoms with Crippen molar-refractivity contribution in [1.82, 2.24) is 0 Å². The molecule has 1 saturated carbocycles. The predicted octanol–water partition coefficient (Wildman–Crippen LogP) is 5.52. The standard InChI is InChI=1S/C22H26N2O3/c1-26-21-13-11-20(12-14-21)24-22(25)27-23-16-15-17-7-9-19(10-8-17)18-5-3-2-4-6-18/h7-14,16,18H,2-6,15H2,1H3,(H,24,25). The Kier molecular flexibility index (Phi) is 6.85. The Morgan fingerprint density at radius 1 is 1.07 bits per heavy atom. The SMILES string of the molecule is COc1ccc(NC(=O)ON=CCc2ccc(C3CCCCC3)cc2)cc1. The van der Waals surface area contributed by atoms with E-state index in [1.165, 1.54) is 37.7 Å². The lowest BCUT2D eigenvalue weighted by molar-refractivity contribution is 0.167. The third kappa shape index (κ3) is 5.84. The Hall–Kier alpha value is -2.82. The Balaban J connectivity index is 1.42. The molecule has 5 heteroatoms. The normalized spacial score (nSPS) is 14.9. The lowest BCUT2D eigenvalue weighted by Gasteiger charge is -2.22. The van der Waals surface area contributed by atoms with Crippen LogP contribution in [0.5, 0.6) is 5.75 Å². The highest BCUT2D eigenvalue weighted by atomic mass is 16.7. The molecule has 0 aliphatic heterocycles. The molecule has 1 aliphatic carbocycles. The van der Waals surface area contributed by atoms with E-state index in [4.69, 9.17) is 9.57 Å². The number of hydrogen-bond donors (Lipinski definition) is 1. The average molecular weight is 366 g/mol. The molecule has 3 rings (SSSR count). The summed E-state index contributed by atoms with van der Waals surface area (Å²) in [4.78, 5) is 16.6. The monoisotopic (exact) mass is 366 g/mol. The number of hydrogen-bond acceptors (Lipinski definition) is 4. The zero-order valence-electron chi connectivity index (χ0n) is 15.7. The summed E-state index contributed by atoms with van der Waals surface area (Å²) in [5, 5.41) is 6.35. The molecule has 27 heavy (non-hydrogen) atoms. The van der Waals surface area contributed by atoms with Gasteiger partial charge in [-0.05, 0) is 54.2 Å². The number of oxime groups is 1. The number of anilines is 1. The number of carbonyl (C=O) groups is 1. The summed E-state index contributed by atoms with van der Waals surface area (Å²) < 4.78 is 5.07. The zero-order chi connectivity index (χ0) is 18.9. The van der Waals surface area contributed by atoms with E-state index in [0.717, 1.165) is 11.3 Å². The lowest BCUT2D eigenvalue weighted by atomic mass is 9.84. The molecule has 1 aliphatic rings. The first-order valence-corrected chi connectivity index (χ1v) is 9.47. The first kappa shape index (κ1) is 19.0. The van der Waals surface area contributed by atoms with Crippen LogP contribution in [0.15, 0.2) is 53.7 Å². The molecule has 1 fully saturated rings. The second-order valence-corrected chi connectivity index (χ2v) is 6.80. The summed E-state index contributed by atoms with van der Waals surface area (Å²) >= 11 is 0. The van der Waals surface area contributed by atoms with Crippen molar-refractivity contribution in [2.75, 3.05) is 12.4 Å². The maximum Gasteiger partial charge on any atom is 0.437 e. The molecule has 0 bridgehead atoms. The average Bonchev–Trinajstić information content (AvgIpc) is 2.73. The van der Waals surface area contributed by atoms with Gasteiger partial charge in [0.15, 0.2) is 0 Å². The van der Waals surface area contributed by atoms with Crippen LogP contribution in [-0.4, -0.2) is 19.4 Å². The van der Waals surface area contributed by atoms with E-state index in [2.05, 4.69) is 34.7 Å². The second kappa shape index (κ2) is 9.76. The molecule has 1 N–H and O–H groups in total. The molecule has 1 amide bonds. The van der Waals surface area contributed by atoms with E-state index in [9.17, 15) is 4.79 Å². The minimum Gasteiger partial charge on any atom is -0.497 e. The fourth-order valence-corrected chi connectivity index (χ4v) is 3.40. The van der Waals surface area contributed by atoms with Crippen LogP contribution in [0.3, 0.4) is 0 Å². The van der Waals surface area contributed by atoms with Crippen LogP contribution in [0.2, 0.25) is 0 Å². The minimum absolute atomic E-state index is 0.620. The predicted molar refractivity (Wildman–Crippen MR) is 108 cm³/mol. The van der Waals surface area contributed by atoms with E-state index < -0.39 is 6.09 Å². The maximum absolute atomic E-state index is 11.7. The highest BCUT2D eigenvalue weighted by Gasteiger charge is 2.14. The molecule has 0 heterocycles. The molecule has 0 atom stereocenters. The number of methoxy groups -OCH3 is 1. The molecule has 0 radical (unpaired) electrons. The van der Waals surface area contributed by atoms with E-state index in [1.807, 2.05) is 0 Å². The van der Waals surface area contributed by atoms with Crippen LogP contribution < -0.4 is 10.1 Å². The lowest BCUT2D eigenvalue weighted by Crippen LogP contribution is -2.10. The van der Waals surface area contributed by atoms with Crippen molar-refractivity contribution in [3.63, 3.8) is 0 Å². The van der Waals surface area contributed by atoms with Crippen LogP contribution in [0, 0.1) is 0 Å². The van der Waals surface area contributed by atoms with Crippen molar-refractivity contribution < 1.29 is 14.4 Å². The zero-order valence-corrected chi connectivity index (χ0v) is 15.7. The summed E-state index contributed by atoms with van der Waals surface area (Å²) in [5.74, 6) is 1.44. The van der Waals surface area contributed by atoms with E-state index in [0.29, 0.717) is 18.0 Å². The second-order valence-electron chi connectivity index (χ2n) is 6.80. The van der Waals surface area contributed by atoms with Crippen molar-refractivity contribution in [3.8, 4) is 5.75 Å². The van der Waals surface area contributed by atoms with Crippen LogP contribution >= 0.6 is 0 Å². The first-order valence-electron chi connectivity index (χ1n) is 9.47. The van der Waals surface area contributed by atoms with Gasteiger partial charge in [-0.1, -0.05) is 48.7 Å². The number of benzene rings is 2. The fraction of sp³-hybridized carbons (Fsp3) is 0.364. The van der Waals surface area contributed by atoms with Crippen LogP contribution in [0.1, 0.15) is 49.1 Å². The topological polar surface area (TPSA) is 59.9 Å². The number of rotatable bonds is 6. The molecule has 0 spiro atoms. The molecule has 0 saturated heterocycles. The van der Waals surface area contributed by atoms with Crippen LogP contribution in [0.4, 0.5) is 10.5 Å². The van der Waals surface area contributed by atoms with Gasteiger partial charge in [-0.3, -0.25) is 10.2 Å². The highest BCUT2D eigenvalue weighted by molar-refractivity contribution is 5.84. The van der Waals surface area contributed by atoms with Gasteiger partial charge in [0.05, 0.1) is 7.11 Å². The van der Waals surface area contributed by atoms with Gasteiger partial charge in [0.1, 0.15) is 5.75 Å². The number of amides is 1. The Bertz CT molecular complexity index is 748. The van der Waals surface area contributed by atoms with Gasteiger partial charge in [-0.15, -0.1) is 0 Å². The Morgan fingerprint density at radius 2 is 1.78 bits per heavy atom. The van der Waals surface area contributed by atoms with E-state index >= 15 is 0 Å². The number of nitrogens with zero attached hydrogens (tertiary/aromatic N) is 1. The molecule has 5 nitrogen and oxygen atoms in total. The van der Waals surface area contributed by atoms with Crippen molar-refractivity contribution in [2.45, 2.75) is 44.4 Å². The van der Waals surface area contributed by atoms with Gasteiger partial charge in [0.2, 0.25) is 0 Å². The summed E-state index contributed by atoms with van der Waals surface area (Å²) in [5.41, 5.74) is 3.21. The van der Waals surface area contributed by atoms with Crippen LogP contribution in [-0.2, 0) is 11.3 Å². The highest BCUT2D eigenvalue weighted by Crippen LogP contribution is 2.32. The molecule has 2 aromatic carbocycles. The molecule has 2 aromatic rings. The Morgan fingerprint density at radius 3 is 2.44 bits per heavy atom. The first-order chi connectivity index (χ1) is 13.2. The van der Waals surface area contributed by atoms with Gasteiger partial charge in [-0.2, -0.15) is 0 Å². The number of nitrogens with one attached hydrogen (secondary N) is 1. The van der Waals surface area contributed by atoms with Crippen molar-refractivity contribution in [2.24, 2.45) is 5.16 Å². The van der Waals surface area contributed by atoms with Crippen LogP contribution in [0.25, 0.3) is 0 Å². The van der Waals surface area contributed by atoms with Crippen molar-refractivity contribution in [3.05, 3.63) is 59.7 Å². The van der Waals surface area contributed by atoms with Crippen molar-refractivity contribution >= 4 is 18.0 Å². The summed E-state index contributed by atoms with van der Waals surface area (Å²) in [6.07, 6.45) is 8.27. The smallest absolute Gasteiger partial charge is 0.437 e. The van der Waals surface area contributed by atoms with Gasteiger partial charge in [0, 0.05) is 18.3 Å². The molecule has 0 unspecified atom stereocenters. The van der Waals surface area contributed by atoms with Gasteiger partial charge >= 0.3 is 6.09 Å². The molecular weight excluding hydrogens is 340 g/mol. The van der Waals surface area contributed by atoms with Gasteiger partial charge in [-0.25, -0.2) is 4.79 Å². The largest absolute Gasteiger partial charge is 0.497 e. The van der Waals surface area contributed by atoms with E-state index in [-0.39, 0.29) is 0 Å². The number of carbonyl (C=O) groups excluding carboxylic acids is 1. The summed E-state index contributed by atoms with van der Waals surface area (Å²) in [6.45, 7) is 0. The molecular formula is C22H26N2O3. The van der Waals surface area contributed by atoms with Crippen molar-refractivity contribution in [1.29, 1.82) is 0 Å². The van der Waals surface area contributed by atoms with Gasteiger partial charge < -0.3 is 4.74 Å². The quantitative estimate of drug-likeness (QED) is 0.416. The third-order valence-electron chi connectivity index (χ3n) is 4.93. The summed E-state index contributed by atoms with van der Waals surface area (Å²) in [6, 6.07) is 15.7. The number of ether oxygens (including phenoxy) is 1. The third-order valence-corrected chi connectivity index (χ3v) is 4.93.